The van der Waals surface area contributed by atoms with Gasteiger partial charge in [-0.2, -0.15) is 0 Å². The van der Waals surface area contributed by atoms with Gasteiger partial charge in [0.2, 0.25) is 5.88 Å². The van der Waals surface area contributed by atoms with Gasteiger partial charge < -0.3 is 14.8 Å². The lowest BCUT2D eigenvalue weighted by Crippen LogP contribution is -2.32. The van der Waals surface area contributed by atoms with Gasteiger partial charge in [-0.25, -0.2) is 4.39 Å². The third-order valence-corrected chi connectivity index (χ3v) is 4.16. The number of nitrogens with zero attached hydrogens (tertiary/aromatic N) is 2. The Kier molecular flexibility index (Phi) is 7.10. The maximum atomic E-state index is 13.0. The number of halogens is 1. The molecule has 0 aliphatic carbocycles. The molecule has 1 N–H and O–H groups in total. The maximum absolute atomic E-state index is 13.0. The molecule has 0 fully saturated rings. The van der Waals surface area contributed by atoms with E-state index >= 15 is 0 Å². The molecule has 150 valence electrons. The monoisotopic (exact) mass is 395 g/mol. The van der Waals surface area contributed by atoms with Crippen LogP contribution in [-0.2, 0) is 11.2 Å². The van der Waals surface area contributed by atoms with Gasteiger partial charge in [-0.05, 0) is 54.4 Å². The third kappa shape index (κ3) is 6.27. The summed E-state index contributed by atoms with van der Waals surface area (Å²) < 4.78 is 23.9. The normalized spacial score (nSPS) is 10.4. The Balaban J connectivity index is 1.36. The molecule has 7 heteroatoms. The molecule has 0 aliphatic heterocycles. The Morgan fingerprint density at radius 3 is 2.38 bits per heavy atom. The lowest BCUT2D eigenvalue weighted by molar-refractivity contribution is -0.123. The Labute approximate surface area is 168 Å². The summed E-state index contributed by atoms with van der Waals surface area (Å²) in [5.41, 5.74) is 2.60. The quantitative estimate of drug-likeness (QED) is 0.562. The molecule has 0 spiro atoms. The number of rotatable bonds is 9. The number of ether oxygens (including phenoxy) is 2. The number of benzene rings is 2. The minimum atomic E-state index is -0.302. The van der Waals surface area contributed by atoms with Gasteiger partial charge in [0, 0.05) is 11.6 Å². The standard InChI is InChI=1S/C22H22FN3O3/c1-2-16-3-9-19(10-4-16)29-15-21(27)24-13-14-28-22-12-11-20(25-26-22)17-5-7-18(23)8-6-17/h3-12H,2,13-15H2,1H3,(H,24,27). The molecule has 0 radical (unpaired) electrons. The Hall–Kier alpha value is -3.48. The molecule has 1 aromatic heterocycles. The molecule has 1 amide bonds. The van der Waals surface area contributed by atoms with Crippen molar-refractivity contribution in [3.05, 3.63) is 72.0 Å². The van der Waals surface area contributed by atoms with Gasteiger partial charge in [-0.1, -0.05) is 19.1 Å². The first kappa shape index (κ1) is 20.3. The largest absolute Gasteiger partial charge is 0.484 e. The fourth-order valence-corrected chi connectivity index (χ4v) is 2.54. The van der Waals surface area contributed by atoms with Crippen molar-refractivity contribution in [1.29, 1.82) is 0 Å². The molecule has 29 heavy (non-hydrogen) atoms. The molecule has 6 nitrogen and oxygen atoms in total. The van der Waals surface area contributed by atoms with Crippen molar-refractivity contribution in [2.75, 3.05) is 19.8 Å². The van der Waals surface area contributed by atoms with E-state index in [1.807, 2.05) is 24.3 Å². The van der Waals surface area contributed by atoms with Crippen LogP contribution in [0, 0.1) is 5.82 Å². The van der Waals surface area contributed by atoms with E-state index in [2.05, 4.69) is 22.4 Å². The highest BCUT2D eigenvalue weighted by atomic mass is 19.1. The number of carbonyl (C=O) groups is 1. The second-order valence-electron chi connectivity index (χ2n) is 6.25. The third-order valence-electron chi connectivity index (χ3n) is 4.16. The van der Waals surface area contributed by atoms with Gasteiger partial charge in [0.25, 0.3) is 5.91 Å². The van der Waals surface area contributed by atoms with Crippen LogP contribution in [0.2, 0.25) is 0 Å². The summed E-state index contributed by atoms with van der Waals surface area (Å²) >= 11 is 0. The highest BCUT2D eigenvalue weighted by Gasteiger charge is 2.05. The van der Waals surface area contributed by atoms with Crippen molar-refractivity contribution < 1.29 is 18.7 Å². The molecule has 2 aromatic carbocycles. The average Bonchev–Trinajstić information content (AvgIpc) is 2.76. The van der Waals surface area contributed by atoms with E-state index in [1.54, 1.807) is 24.3 Å². The summed E-state index contributed by atoms with van der Waals surface area (Å²) in [5, 5.41) is 10.8. The van der Waals surface area contributed by atoms with E-state index in [1.165, 1.54) is 17.7 Å². The lowest BCUT2D eigenvalue weighted by Gasteiger charge is -2.09. The first-order chi connectivity index (χ1) is 14.1. The van der Waals surface area contributed by atoms with Gasteiger partial charge in [0.1, 0.15) is 18.2 Å². The number of aryl methyl sites for hydroxylation is 1. The van der Waals surface area contributed by atoms with Crippen molar-refractivity contribution in [3.8, 4) is 22.9 Å². The van der Waals surface area contributed by atoms with Crippen LogP contribution in [0.1, 0.15) is 12.5 Å². The second kappa shape index (κ2) is 10.2. The molecule has 0 saturated heterocycles. The molecule has 0 aliphatic rings. The van der Waals surface area contributed by atoms with Crippen LogP contribution in [0.15, 0.2) is 60.7 Å². The Morgan fingerprint density at radius 1 is 0.966 bits per heavy atom. The van der Waals surface area contributed by atoms with Crippen LogP contribution < -0.4 is 14.8 Å². The molecular formula is C22H22FN3O3. The second-order valence-corrected chi connectivity index (χ2v) is 6.25. The number of hydrogen-bond acceptors (Lipinski definition) is 5. The summed E-state index contributed by atoms with van der Waals surface area (Å²) in [4.78, 5) is 11.8. The molecule has 3 rings (SSSR count). The first-order valence-electron chi connectivity index (χ1n) is 9.35. The molecule has 0 atom stereocenters. The zero-order valence-electron chi connectivity index (χ0n) is 16.1. The summed E-state index contributed by atoms with van der Waals surface area (Å²) in [7, 11) is 0. The summed E-state index contributed by atoms with van der Waals surface area (Å²) in [6.07, 6.45) is 0.958. The number of carbonyl (C=O) groups excluding carboxylic acids is 1. The molecule has 0 unspecified atom stereocenters. The molecule has 1 heterocycles. The number of aromatic nitrogens is 2. The minimum Gasteiger partial charge on any atom is -0.484 e. The van der Waals surface area contributed by atoms with E-state index in [4.69, 9.17) is 9.47 Å². The van der Waals surface area contributed by atoms with Crippen LogP contribution in [0.25, 0.3) is 11.3 Å². The Bertz CT molecular complexity index is 914. The maximum Gasteiger partial charge on any atom is 0.258 e. The van der Waals surface area contributed by atoms with Gasteiger partial charge >= 0.3 is 0 Å². The molecule has 0 saturated carbocycles. The van der Waals surface area contributed by atoms with E-state index in [9.17, 15) is 9.18 Å². The van der Waals surface area contributed by atoms with Crippen LogP contribution in [0.3, 0.4) is 0 Å². The van der Waals surface area contributed by atoms with Crippen LogP contribution in [0.4, 0.5) is 4.39 Å². The number of hydrogen-bond donors (Lipinski definition) is 1. The van der Waals surface area contributed by atoms with E-state index in [0.717, 1.165) is 12.0 Å². The molecule has 0 bridgehead atoms. The van der Waals surface area contributed by atoms with Crippen molar-refractivity contribution in [2.45, 2.75) is 13.3 Å². The highest BCUT2D eigenvalue weighted by Crippen LogP contribution is 2.18. The number of amides is 1. The summed E-state index contributed by atoms with van der Waals surface area (Å²) in [6.45, 7) is 2.59. The van der Waals surface area contributed by atoms with Crippen LogP contribution >= 0.6 is 0 Å². The van der Waals surface area contributed by atoms with Gasteiger partial charge in [-0.3, -0.25) is 4.79 Å². The van der Waals surface area contributed by atoms with Crippen LogP contribution in [0.5, 0.6) is 11.6 Å². The van der Waals surface area contributed by atoms with Crippen molar-refractivity contribution >= 4 is 5.91 Å². The van der Waals surface area contributed by atoms with Crippen molar-refractivity contribution in [3.63, 3.8) is 0 Å². The predicted octanol–water partition coefficient (Wildman–Crippen LogP) is 3.42. The van der Waals surface area contributed by atoms with Crippen molar-refractivity contribution in [1.82, 2.24) is 15.5 Å². The number of nitrogens with one attached hydrogen (secondary N) is 1. The highest BCUT2D eigenvalue weighted by molar-refractivity contribution is 5.77. The average molecular weight is 395 g/mol. The van der Waals surface area contributed by atoms with Gasteiger partial charge in [-0.15, -0.1) is 10.2 Å². The van der Waals surface area contributed by atoms with E-state index in [0.29, 0.717) is 23.9 Å². The fourth-order valence-electron chi connectivity index (χ4n) is 2.54. The first-order valence-corrected chi connectivity index (χ1v) is 9.35. The summed E-state index contributed by atoms with van der Waals surface area (Å²) in [5.74, 6) is 0.469. The van der Waals surface area contributed by atoms with Crippen LogP contribution in [-0.4, -0.2) is 35.9 Å². The van der Waals surface area contributed by atoms with Gasteiger partial charge in [0.05, 0.1) is 12.2 Å². The predicted molar refractivity (Wildman–Crippen MR) is 107 cm³/mol. The zero-order valence-corrected chi connectivity index (χ0v) is 16.1. The zero-order chi connectivity index (χ0) is 20.5. The van der Waals surface area contributed by atoms with E-state index in [-0.39, 0.29) is 24.9 Å². The topological polar surface area (TPSA) is 73.3 Å². The molecular weight excluding hydrogens is 373 g/mol. The molecule has 3 aromatic rings. The minimum absolute atomic E-state index is 0.0579. The van der Waals surface area contributed by atoms with Gasteiger partial charge in [0.15, 0.2) is 6.61 Å². The summed E-state index contributed by atoms with van der Waals surface area (Å²) in [6, 6.07) is 17.1. The Morgan fingerprint density at radius 2 is 1.72 bits per heavy atom. The van der Waals surface area contributed by atoms with Crippen molar-refractivity contribution in [2.24, 2.45) is 0 Å². The SMILES string of the molecule is CCc1ccc(OCC(=O)NCCOc2ccc(-c3ccc(F)cc3)nn2)cc1. The lowest BCUT2D eigenvalue weighted by atomic mass is 10.1. The fraction of sp³-hybridized carbons (Fsp3) is 0.227. The van der Waals surface area contributed by atoms with E-state index < -0.39 is 0 Å². The smallest absolute Gasteiger partial charge is 0.258 e.